The summed E-state index contributed by atoms with van der Waals surface area (Å²) in [6.07, 6.45) is 2.69. The van der Waals surface area contributed by atoms with Crippen molar-refractivity contribution in [3.8, 4) is 0 Å². The largest absolute Gasteiger partial charge is 0.343 e. The fraction of sp³-hybridized carbons (Fsp3) is 0.526. The van der Waals surface area contributed by atoms with Gasteiger partial charge < -0.3 is 14.8 Å². The number of fused-ring (bicyclic) bond motifs is 1. The average molecular weight is 384 g/mol. The molecule has 9 nitrogen and oxygen atoms in total. The molecule has 2 aliphatic heterocycles. The number of non-ortho nitro benzene ring substituents is 1. The Morgan fingerprint density at radius 1 is 1.25 bits per heavy atom. The molecular formula is C19H24N6O3. The third-order valence-electron chi connectivity index (χ3n) is 5.61. The van der Waals surface area contributed by atoms with Crippen LogP contribution in [0, 0.1) is 10.1 Å². The van der Waals surface area contributed by atoms with Gasteiger partial charge in [-0.25, -0.2) is 0 Å². The van der Waals surface area contributed by atoms with Crippen LogP contribution >= 0.6 is 0 Å². The summed E-state index contributed by atoms with van der Waals surface area (Å²) < 4.78 is 2.22. The predicted octanol–water partition coefficient (Wildman–Crippen LogP) is 1.63. The fourth-order valence-electron chi connectivity index (χ4n) is 4.04. The zero-order chi connectivity index (χ0) is 19.5. The maximum Gasteiger partial charge on any atom is 0.269 e. The molecule has 0 atom stereocenters. The van der Waals surface area contributed by atoms with E-state index in [9.17, 15) is 14.9 Å². The van der Waals surface area contributed by atoms with Gasteiger partial charge in [-0.15, -0.1) is 10.2 Å². The van der Waals surface area contributed by atoms with E-state index >= 15 is 0 Å². The van der Waals surface area contributed by atoms with E-state index < -0.39 is 4.92 Å². The number of carbonyl (C=O) groups is 1. The lowest BCUT2D eigenvalue weighted by Crippen LogP contribution is -2.39. The van der Waals surface area contributed by atoms with Gasteiger partial charge in [-0.3, -0.25) is 14.9 Å². The molecule has 1 N–H and O–H groups in total. The number of nitrogens with zero attached hydrogens (tertiary/aromatic N) is 5. The molecule has 4 rings (SSSR count). The standard InChI is InChI=1S/C19H24N6O3/c26-18(5-4-14-2-1-3-16(12-14)25(27)28)23-9-6-15(7-10-23)19-22-21-17-13-20-8-11-24(17)19/h1-3,12,15,20H,4-11,13H2. The number of amides is 1. The Bertz CT molecular complexity index is 872. The van der Waals surface area contributed by atoms with E-state index in [4.69, 9.17) is 0 Å². The van der Waals surface area contributed by atoms with Gasteiger partial charge in [-0.1, -0.05) is 12.1 Å². The highest BCUT2D eigenvalue weighted by Gasteiger charge is 2.28. The van der Waals surface area contributed by atoms with Crippen LogP contribution in [0.1, 0.15) is 42.4 Å². The normalized spacial score (nSPS) is 17.4. The molecule has 0 bridgehead atoms. The zero-order valence-electron chi connectivity index (χ0n) is 15.7. The number of aryl methyl sites for hydroxylation is 1. The summed E-state index contributed by atoms with van der Waals surface area (Å²) in [4.78, 5) is 24.9. The van der Waals surface area contributed by atoms with Gasteiger partial charge in [-0.05, 0) is 24.8 Å². The molecule has 1 amide bonds. The number of carbonyl (C=O) groups excluding carboxylic acids is 1. The molecule has 1 aromatic heterocycles. The first-order valence-corrected chi connectivity index (χ1v) is 9.75. The lowest BCUT2D eigenvalue weighted by molar-refractivity contribution is -0.384. The highest BCUT2D eigenvalue weighted by molar-refractivity contribution is 5.76. The van der Waals surface area contributed by atoms with Crippen molar-refractivity contribution in [2.45, 2.75) is 44.7 Å². The number of nitrogens with one attached hydrogen (secondary N) is 1. The van der Waals surface area contributed by atoms with Crippen LogP contribution in [0.25, 0.3) is 0 Å². The second-order valence-corrected chi connectivity index (χ2v) is 7.38. The minimum atomic E-state index is -0.407. The summed E-state index contributed by atoms with van der Waals surface area (Å²) >= 11 is 0. The number of rotatable bonds is 5. The van der Waals surface area contributed by atoms with E-state index in [1.807, 2.05) is 11.0 Å². The molecule has 0 aliphatic carbocycles. The van der Waals surface area contributed by atoms with Crippen LogP contribution in [0.2, 0.25) is 0 Å². The number of benzene rings is 1. The van der Waals surface area contributed by atoms with Crippen molar-refractivity contribution in [2.24, 2.45) is 0 Å². The predicted molar refractivity (Wildman–Crippen MR) is 102 cm³/mol. The van der Waals surface area contributed by atoms with E-state index in [2.05, 4.69) is 20.1 Å². The second kappa shape index (κ2) is 8.05. The lowest BCUT2D eigenvalue weighted by atomic mass is 9.95. The van der Waals surface area contributed by atoms with Gasteiger partial charge in [0.2, 0.25) is 5.91 Å². The number of nitro benzene ring substituents is 1. The monoisotopic (exact) mass is 384 g/mol. The summed E-state index contributed by atoms with van der Waals surface area (Å²) in [6.45, 7) is 4.05. The third-order valence-corrected chi connectivity index (χ3v) is 5.61. The van der Waals surface area contributed by atoms with Crippen LogP contribution in [-0.4, -0.2) is 50.1 Å². The highest BCUT2D eigenvalue weighted by atomic mass is 16.6. The van der Waals surface area contributed by atoms with Gasteiger partial charge >= 0.3 is 0 Å². The van der Waals surface area contributed by atoms with Crippen molar-refractivity contribution in [3.05, 3.63) is 51.6 Å². The molecule has 2 aliphatic rings. The van der Waals surface area contributed by atoms with Gasteiger partial charge in [0.25, 0.3) is 5.69 Å². The molecule has 1 saturated heterocycles. The molecule has 0 saturated carbocycles. The summed E-state index contributed by atoms with van der Waals surface area (Å²) in [5, 5.41) is 22.9. The molecule has 1 aromatic carbocycles. The van der Waals surface area contributed by atoms with Crippen molar-refractivity contribution in [2.75, 3.05) is 19.6 Å². The highest BCUT2D eigenvalue weighted by Crippen LogP contribution is 2.28. The van der Waals surface area contributed by atoms with E-state index in [-0.39, 0.29) is 11.6 Å². The first kappa shape index (κ1) is 18.5. The molecular weight excluding hydrogens is 360 g/mol. The van der Waals surface area contributed by atoms with E-state index in [1.165, 1.54) is 6.07 Å². The molecule has 0 unspecified atom stereocenters. The Kier molecular flexibility index (Phi) is 5.34. The van der Waals surface area contributed by atoms with Crippen LogP contribution in [0.15, 0.2) is 24.3 Å². The molecule has 0 spiro atoms. The van der Waals surface area contributed by atoms with Gasteiger partial charge in [0, 0.05) is 50.7 Å². The summed E-state index contributed by atoms with van der Waals surface area (Å²) in [5.41, 5.74) is 0.888. The van der Waals surface area contributed by atoms with Crippen LogP contribution < -0.4 is 5.32 Å². The molecule has 9 heteroatoms. The Labute approximate surface area is 162 Å². The van der Waals surface area contributed by atoms with E-state index in [1.54, 1.807) is 12.1 Å². The molecule has 1 fully saturated rings. The van der Waals surface area contributed by atoms with Gasteiger partial charge in [0.05, 0.1) is 11.5 Å². The van der Waals surface area contributed by atoms with Gasteiger partial charge in [0.1, 0.15) is 11.6 Å². The van der Waals surface area contributed by atoms with E-state index in [0.29, 0.717) is 18.8 Å². The smallest absolute Gasteiger partial charge is 0.269 e. The van der Waals surface area contributed by atoms with Crippen molar-refractivity contribution < 1.29 is 9.72 Å². The Morgan fingerprint density at radius 3 is 2.86 bits per heavy atom. The van der Waals surface area contributed by atoms with E-state index in [0.717, 1.165) is 62.8 Å². The van der Waals surface area contributed by atoms with Crippen molar-refractivity contribution in [3.63, 3.8) is 0 Å². The second-order valence-electron chi connectivity index (χ2n) is 7.38. The minimum Gasteiger partial charge on any atom is -0.343 e. The fourth-order valence-corrected chi connectivity index (χ4v) is 4.04. The Morgan fingerprint density at radius 2 is 2.07 bits per heavy atom. The number of piperidine rings is 1. The average Bonchev–Trinajstić information content (AvgIpc) is 3.16. The van der Waals surface area contributed by atoms with Gasteiger partial charge in [-0.2, -0.15) is 0 Å². The van der Waals surface area contributed by atoms with Crippen molar-refractivity contribution >= 4 is 11.6 Å². The summed E-state index contributed by atoms with van der Waals surface area (Å²) in [7, 11) is 0. The summed E-state index contributed by atoms with van der Waals surface area (Å²) in [6, 6.07) is 6.51. The minimum absolute atomic E-state index is 0.0672. The topological polar surface area (TPSA) is 106 Å². The Balaban J connectivity index is 1.30. The maximum atomic E-state index is 12.6. The van der Waals surface area contributed by atoms with Crippen LogP contribution in [0.5, 0.6) is 0 Å². The number of likely N-dealkylation sites (tertiary alicyclic amines) is 1. The molecule has 148 valence electrons. The Hall–Kier alpha value is -2.81. The quantitative estimate of drug-likeness (QED) is 0.620. The third kappa shape index (κ3) is 3.89. The molecule has 2 aromatic rings. The molecule has 28 heavy (non-hydrogen) atoms. The first-order chi connectivity index (χ1) is 13.6. The van der Waals surface area contributed by atoms with Crippen LogP contribution in [0.3, 0.4) is 0 Å². The zero-order valence-corrected chi connectivity index (χ0v) is 15.7. The van der Waals surface area contributed by atoms with Crippen LogP contribution in [0.4, 0.5) is 5.69 Å². The lowest BCUT2D eigenvalue weighted by Gasteiger charge is -2.32. The van der Waals surface area contributed by atoms with Gasteiger partial charge in [0.15, 0.2) is 0 Å². The van der Waals surface area contributed by atoms with Crippen molar-refractivity contribution in [1.29, 1.82) is 0 Å². The number of aromatic nitrogens is 3. The maximum absolute atomic E-state index is 12.6. The SMILES string of the molecule is O=C(CCc1cccc([N+](=O)[O-])c1)N1CCC(c2nnc3n2CCNC3)CC1. The number of hydrogen-bond donors (Lipinski definition) is 1. The number of hydrogen-bond acceptors (Lipinski definition) is 6. The number of nitro groups is 1. The molecule has 0 radical (unpaired) electrons. The van der Waals surface area contributed by atoms with Crippen molar-refractivity contribution in [1.82, 2.24) is 25.0 Å². The molecule has 3 heterocycles. The van der Waals surface area contributed by atoms with Crippen LogP contribution in [-0.2, 0) is 24.3 Å². The summed E-state index contributed by atoms with van der Waals surface area (Å²) in [5.74, 6) is 2.51. The first-order valence-electron chi connectivity index (χ1n) is 9.75.